The third-order valence-electron chi connectivity index (χ3n) is 4.88. The van der Waals surface area contributed by atoms with Crippen molar-refractivity contribution < 1.29 is 4.79 Å². The first-order valence-corrected chi connectivity index (χ1v) is 9.01. The molecule has 1 aliphatic heterocycles. The van der Waals surface area contributed by atoms with Crippen molar-refractivity contribution in [1.29, 1.82) is 0 Å². The first-order chi connectivity index (χ1) is 12.1. The van der Waals surface area contributed by atoms with Crippen LogP contribution in [0.2, 0.25) is 0 Å². The summed E-state index contributed by atoms with van der Waals surface area (Å²) >= 11 is 0. The second-order valence-electron chi connectivity index (χ2n) is 6.83. The number of nitrogens with one attached hydrogen (secondary N) is 1. The number of urea groups is 1. The van der Waals surface area contributed by atoms with E-state index in [-0.39, 0.29) is 6.03 Å². The van der Waals surface area contributed by atoms with Crippen LogP contribution >= 0.6 is 0 Å². The smallest absolute Gasteiger partial charge is 0.321 e. The summed E-state index contributed by atoms with van der Waals surface area (Å²) in [6, 6.07) is 16.3. The van der Waals surface area contributed by atoms with Crippen LogP contribution in [0.1, 0.15) is 23.1 Å². The van der Waals surface area contributed by atoms with Gasteiger partial charge in [0, 0.05) is 38.4 Å². The fourth-order valence-corrected chi connectivity index (χ4v) is 3.22. The summed E-state index contributed by atoms with van der Waals surface area (Å²) in [4.78, 5) is 16.8. The number of anilines is 1. The number of hydrogen-bond acceptors (Lipinski definition) is 2. The molecule has 1 heterocycles. The van der Waals surface area contributed by atoms with Gasteiger partial charge in [0.15, 0.2) is 0 Å². The average Bonchev–Trinajstić information content (AvgIpc) is 2.85. The van der Waals surface area contributed by atoms with E-state index in [2.05, 4.69) is 42.3 Å². The van der Waals surface area contributed by atoms with Crippen molar-refractivity contribution in [3.63, 3.8) is 0 Å². The van der Waals surface area contributed by atoms with Crippen LogP contribution in [0, 0.1) is 13.8 Å². The molecule has 0 saturated carbocycles. The van der Waals surface area contributed by atoms with Crippen LogP contribution in [-0.4, -0.2) is 42.0 Å². The minimum Gasteiger partial charge on any atom is -0.323 e. The molecule has 2 amide bonds. The van der Waals surface area contributed by atoms with Crippen molar-refractivity contribution in [3.05, 3.63) is 65.2 Å². The summed E-state index contributed by atoms with van der Waals surface area (Å²) in [6.07, 6.45) is 1.01. The molecule has 4 heteroatoms. The Bertz CT molecular complexity index is 714. The number of rotatable bonds is 3. The van der Waals surface area contributed by atoms with Crippen LogP contribution in [0.3, 0.4) is 0 Å². The Labute approximate surface area is 150 Å². The SMILES string of the molecule is Cc1ccc(CN2CCCN(C(=O)Nc3ccccc3)CC2)cc1C. The third kappa shape index (κ3) is 4.83. The molecule has 0 unspecified atom stereocenters. The maximum Gasteiger partial charge on any atom is 0.321 e. The van der Waals surface area contributed by atoms with Crippen molar-refractivity contribution >= 4 is 11.7 Å². The van der Waals surface area contributed by atoms with Crippen molar-refractivity contribution in [2.24, 2.45) is 0 Å². The van der Waals surface area contributed by atoms with Gasteiger partial charge in [0.05, 0.1) is 0 Å². The van der Waals surface area contributed by atoms with E-state index >= 15 is 0 Å². The Balaban J connectivity index is 1.54. The lowest BCUT2D eigenvalue weighted by Crippen LogP contribution is -2.38. The van der Waals surface area contributed by atoms with E-state index in [9.17, 15) is 4.79 Å². The zero-order chi connectivity index (χ0) is 17.6. The second kappa shape index (κ2) is 8.17. The molecule has 0 atom stereocenters. The number of aryl methyl sites for hydroxylation is 2. The molecular weight excluding hydrogens is 310 g/mol. The van der Waals surface area contributed by atoms with E-state index < -0.39 is 0 Å². The van der Waals surface area contributed by atoms with Gasteiger partial charge in [-0.05, 0) is 49.1 Å². The summed E-state index contributed by atoms with van der Waals surface area (Å²) < 4.78 is 0. The number of benzene rings is 2. The van der Waals surface area contributed by atoms with E-state index in [0.29, 0.717) is 0 Å². The van der Waals surface area contributed by atoms with E-state index in [1.165, 1.54) is 16.7 Å². The molecule has 132 valence electrons. The van der Waals surface area contributed by atoms with Gasteiger partial charge in [0.2, 0.25) is 0 Å². The van der Waals surface area contributed by atoms with E-state index in [4.69, 9.17) is 0 Å². The largest absolute Gasteiger partial charge is 0.323 e. The number of amides is 2. The molecule has 3 rings (SSSR count). The number of hydrogen-bond donors (Lipinski definition) is 1. The minimum absolute atomic E-state index is 0.000713. The molecular formula is C21H27N3O. The molecule has 0 aromatic heterocycles. The number of carbonyl (C=O) groups excluding carboxylic acids is 1. The van der Waals surface area contributed by atoms with Gasteiger partial charge in [-0.1, -0.05) is 36.4 Å². The van der Waals surface area contributed by atoms with Crippen LogP contribution in [0.5, 0.6) is 0 Å². The van der Waals surface area contributed by atoms with Crippen LogP contribution in [0.4, 0.5) is 10.5 Å². The van der Waals surface area contributed by atoms with Crippen LogP contribution < -0.4 is 5.32 Å². The topological polar surface area (TPSA) is 35.6 Å². The molecule has 0 radical (unpaired) electrons. The highest BCUT2D eigenvalue weighted by Gasteiger charge is 2.19. The molecule has 1 saturated heterocycles. The number of para-hydroxylation sites is 1. The van der Waals surface area contributed by atoms with Crippen molar-refractivity contribution in [1.82, 2.24) is 9.80 Å². The third-order valence-corrected chi connectivity index (χ3v) is 4.88. The average molecular weight is 337 g/mol. The van der Waals surface area contributed by atoms with Gasteiger partial charge >= 0.3 is 6.03 Å². The summed E-state index contributed by atoms with van der Waals surface area (Å²) in [5.41, 5.74) is 4.88. The van der Waals surface area contributed by atoms with E-state index in [1.807, 2.05) is 35.2 Å². The van der Waals surface area contributed by atoms with Crippen molar-refractivity contribution in [2.75, 3.05) is 31.5 Å². The van der Waals surface area contributed by atoms with Gasteiger partial charge in [-0.25, -0.2) is 4.79 Å². The van der Waals surface area contributed by atoms with Crippen LogP contribution in [0.15, 0.2) is 48.5 Å². The predicted octanol–water partition coefficient (Wildman–Crippen LogP) is 4.04. The predicted molar refractivity (Wildman–Crippen MR) is 103 cm³/mol. The number of nitrogens with zero attached hydrogens (tertiary/aromatic N) is 2. The van der Waals surface area contributed by atoms with Gasteiger partial charge in [0.25, 0.3) is 0 Å². The molecule has 2 aromatic carbocycles. The van der Waals surface area contributed by atoms with Gasteiger partial charge in [-0.3, -0.25) is 4.90 Å². The highest BCUT2D eigenvalue weighted by molar-refractivity contribution is 5.89. The maximum absolute atomic E-state index is 12.5. The van der Waals surface area contributed by atoms with Crippen molar-refractivity contribution in [3.8, 4) is 0 Å². The van der Waals surface area contributed by atoms with Gasteiger partial charge in [-0.2, -0.15) is 0 Å². The Morgan fingerprint density at radius 2 is 1.76 bits per heavy atom. The molecule has 4 nitrogen and oxygen atoms in total. The summed E-state index contributed by atoms with van der Waals surface area (Å²) in [5, 5.41) is 2.99. The van der Waals surface area contributed by atoms with Crippen LogP contribution in [-0.2, 0) is 6.54 Å². The van der Waals surface area contributed by atoms with Crippen LogP contribution in [0.25, 0.3) is 0 Å². The number of carbonyl (C=O) groups is 1. The fourth-order valence-electron chi connectivity index (χ4n) is 3.22. The highest BCUT2D eigenvalue weighted by Crippen LogP contribution is 2.14. The lowest BCUT2D eigenvalue weighted by molar-refractivity contribution is 0.211. The Hall–Kier alpha value is -2.33. The normalized spacial score (nSPS) is 15.7. The standard InChI is InChI=1S/C21H27N3O/c1-17-9-10-19(15-18(17)2)16-23-11-6-12-24(14-13-23)21(25)22-20-7-4-3-5-8-20/h3-5,7-10,15H,6,11-14,16H2,1-2H3,(H,22,25). The quantitative estimate of drug-likeness (QED) is 0.917. The lowest BCUT2D eigenvalue weighted by atomic mass is 10.1. The van der Waals surface area contributed by atoms with Crippen molar-refractivity contribution in [2.45, 2.75) is 26.8 Å². The second-order valence-corrected chi connectivity index (χ2v) is 6.83. The molecule has 1 fully saturated rings. The first kappa shape index (κ1) is 17.5. The molecule has 2 aromatic rings. The van der Waals surface area contributed by atoms with Gasteiger partial charge < -0.3 is 10.2 Å². The molecule has 0 spiro atoms. The minimum atomic E-state index is -0.000713. The highest BCUT2D eigenvalue weighted by atomic mass is 16.2. The summed E-state index contributed by atoms with van der Waals surface area (Å²) in [5.74, 6) is 0. The maximum atomic E-state index is 12.5. The van der Waals surface area contributed by atoms with Gasteiger partial charge in [-0.15, -0.1) is 0 Å². The van der Waals surface area contributed by atoms with E-state index in [0.717, 1.165) is 44.8 Å². The first-order valence-electron chi connectivity index (χ1n) is 9.01. The lowest BCUT2D eigenvalue weighted by Gasteiger charge is -2.22. The molecule has 1 aliphatic rings. The van der Waals surface area contributed by atoms with E-state index in [1.54, 1.807) is 0 Å². The van der Waals surface area contributed by atoms with Gasteiger partial charge in [0.1, 0.15) is 0 Å². The Kier molecular flexibility index (Phi) is 5.71. The molecule has 25 heavy (non-hydrogen) atoms. The molecule has 0 bridgehead atoms. The zero-order valence-electron chi connectivity index (χ0n) is 15.2. The molecule has 0 aliphatic carbocycles. The Morgan fingerprint density at radius 3 is 2.52 bits per heavy atom. The zero-order valence-corrected chi connectivity index (χ0v) is 15.2. The molecule has 1 N–H and O–H groups in total. The fraction of sp³-hybridized carbons (Fsp3) is 0.381. The monoisotopic (exact) mass is 337 g/mol. The Morgan fingerprint density at radius 1 is 0.960 bits per heavy atom. The summed E-state index contributed by atoms with van der Waals surface area (Å²) in [6.45, 7) is 8.78. The summed E-state index contributed by atoms with van der Waals surface area (Å²) in [7, 11) is 0.